The zero-order valence-corrected chi connectivity index (χ0v) is 18.8. The average Bonchev–Trinajstić information content (AvgIpc) is 2.99. The molecule has 2 heterocycles. The van der Waals surface area contributed by atoms with Crippen LogP contribution in [-0.2, 0) is 13.6 Å². The van der Waals surface area contributed by atoms with E-state index in [9.17, 15) is 0 Å². The van der Waals surface area contributed by atoms with Gasteiger partial charge in [0.15, 0.2) is 5.96 Å². The summed E-state index contributed by atoms with van der Waals surface area (Å²) < 4.78 is 2.15. The van der Waals surface area contributed by atoms with Gasteiger partial charge in [0, 0.05) is 57.4 Å². The molecule has 0 spiro atoms. The summed E-state index contributed by atoms with van der Waals surface area (Å²) in [5.74, 6) is 1.82. The van der Waals surface area contributed by atoms with Crippen LogP contribution >= 0.6 is 24.0 Å². The Morgan fingerprint density at radius 3 is 2.62 bits per heavy atom. The average molecular weight is 469 g/mol. The van der Waals surface area contributed by atoms with Crippen LogP contribution in [0.1, 0.15) is 37.9 Å². The lowest BCUT2D eigenvalue weighted by Crippen LogP contribution is -2.39. The SMILES string of the molecule is CCNC(=NCC(c1cccnc1)C(C)C)N(C)Cc1cccn1C.I. The summed E-state index contributed by atoms with van der Waals surface area (Å²) in [5.41, 5.74) is 2.52. The van der Waals surface area contributed by atoms with Crippen molar-refractivity contribution in [3.8, 4) is 0 Å². The maximum atomic E-state index is 4.92. The monoisotopic (exact) mass is 469 g/mol. The fraction of sp³-hybridized carbons (Fsp3) is 0.500. The second-order valence-corrected chi connectivity index (χ2v) is 6.80. The highest BCUT2D eigenvalue weighted by atomic mass is 127. The van der Waals surface area contributed by atoms with Crippen LogP contribution in [0.3, 0.4) is 0 Å². The topological polar surface area (TPSA) is 45.5 Å². The van der Waals surface area contributed by atoms with Crippen molar-refractivity contribution in [1.82, 2.24) is 19.8 Å². The summed E-state index contributed by atoms with van der Waals surface area (Å²) in [6.07, 6.45) is 5.85. The normalized spacial score (nSPS) is 12.6. The molecule has 26 heavy (non-hydrogen) atoms. The molecule has 0 saturated heterocycles. The fourth-order valence-electron chi connectivity index (χ4n) is 2.93. The van der Waals surface area contributed by atoms with E-state index in [-0.39, 0.29) is 24.0 Å². The van der Waals surface area contributed by atoms with Gasteiger partial charge in [0.1, 0.15) is 0 Å². The Kier molecular flexibility index (Phi) is 9.69. The molecule has 0 fully saturated rings. The smallest absolute Gasteiger partial charge is 0.194 e. The molecule has 0 amide bonds. The van der Waals surface area contributed by atoms with Crippen LogP contribution in [0, 0.1) is 5.92 Å². The fourth-order valence-corrected chi connectivity index (χ4v) is 2.93. The number of pyridine rings is 1. The molecule has 2 aromatic heterocycles. The first kappa shape index (κ1) is 22.5. The van der Waals surface area contributed by atoms with E-state index in [1.807, 2.05) is 18.5 Å². The zero-order chi connectivity index (χ0) is 18.2. The van der Waals surface area contributed by atoms with Crippen LogP contribution in [0.5, 0.6) is 0 Å². The Morgan fingerprint density at radius 1 is 1.31 bits per heavy atom. The van der Waals surface area contributed by atoms with Gasteiger partial charge in [-0.05, 0) is 36.6 Å². The minimum absolute atomic E-state index is 0. The highest BCUT2D eigenvalue weighted by Crippen LogP contribution is 2.24. The number of hydrogen-bond donors (Lipinski definition) is 1. The van der Waals surface area contributed by atoms with Crippen LogP contribution in [-0.4, -0.2) is 40.5 Å². The van der Waals surface area contributed by atoms with Gasteiger partial charge in [-0.2, -0.15) is 0 Å². The third-order valence-electron chi connectivity index (χ3n) is 4.50. The number of guanidine groups is 1. The zero-order valence-electron chi connectivity index (χ0n) is 16.5. The molecular weight excluding hydrogens is 437 g/mol. The first-order chi connectivity index (χ1) is 12.0. The summed E-state index contributed by atoms with van der Waals surface area (Å²) >= 11 is 0. The number of nitrogens with zero attached hydrogens (tertiary/aromatic N) is 4. The standard InChI is InChI=1S/C20H31N5.HI/c1-6-22-20(25(5)15-18-10-8-12-24(18)4)23-14-19(16(2)3)17-9-7-11-21-13-17;/h7-13,16,19H,6,14-15H2,1-5H3,(H,22,23);1H. The Hall–Kier alpha value is -1.57. The molecular formula is C20H32IN5. The molecule has 0 bridgehead atoms. The molecule has 1 N–H and O–H groups in total. The predicted octanol–water partition coefficient (Wildman–Crippen LogP) is 3.88. The molecule has 0 aliphatic rings. The van der Waals surface area contributed by atoms with Crippen molar-refractivity contribution >= 4 is 29.9 Å². The first-order valence-corrected chi connectivity index (χ1v) is 9.02. The minimum atomic E-state index is 0. The maximum Gasteiger partial charge on any atom is 0.194 e. The lowest BCUT2D eigenvalue weighted by molar-refractivity contribution is 0.453. The molecule has 0 radical (unpaired) electrons. The summed E-state index contributed by atoms with van der Waals surface area (Å²) in [5, 5.41) is 3.41. The van der Waals surface area contributed by atoms with Crippen molar-refractivity contribution < 1.29 is 0 Å². The molecule has 6 heteroatoms. The molecule has 144 valence electrons. The minimum Gasteiger partial charge on any atom is -0.357 e. The van der Waals surface area contributed by atoms with Gasteiger partial charge in [-0.3, -0.25) is 9.98 Å². The lowest BCUT2D eigenvalue weighted by Gasteiger charge is -2.24. The van der Waals surface area contributed by atoms with E-state index in [0.29, 0.717) is 11.8 Å². The highest BCUT2D eigenvalue weighted by Gasteiger charge is 2.17. The van der Waals surface area contributed by atoms with E-state index in [1.165, 1.54) is 11.3 Å². The van der Waals surface area contributed by atoms with Crippen LogP contribution in [0.4, 0.5) is 0 Å². The Bertz CT molecular complexity index is 666. The van der Waals surface area contributed by atoms with Gasteiger partial charge in [-0.15, -0.1) is 24.0 Å². The van der Waals surface area contributed by atoms with E-state index in [2.05, 4.69) is 79.0 Å². The molecule has 2 aromatic rings. The van der Waals surface area contributed by atoms with Gasteiger partial charge >= 0.3 is 0 Å². The number of nitrogens with one attached hydrogen (secondary N) is 1. The van der Waals surface area contributed by atoms with Crippen LogP contribution < -0.4 is 5.32 Å². The Morgan fingerprint density at radius 2 is 2.08 bits per heavy atom. The predicted molar refractivity (Wildman–Crippen MR) is 120 cm³/mol. The van der Waals surface area contributed by atoms with Gasteiger partial charge < -0.3 is 14.8 Å². The molecule has 0 aliphatic carbocycles. The maximum absolute atomic E-state index is 4.92. The van der Waals surface area contributed by atoms with Crippen LogP contribution in [0.2, 0.25) is 0 Å². The van der Waals surface area contributed by atoms with Gasteiger partial charge in [-0.1, -0.05) is 19.9 Å². The Labute approximate surface area is 174 Å². The molecule has 0 saturated carbocycles. The number of halogens is 1. The van der Waals surface area contributed by atoms with E-state index >= 15 is 0 Å². The van der Waals surface area contributed by atoms with E-state index < -0.39 is 0 Å². The van der Waals surface area contributed by atoms with Gasteiger partial charge in [-0.25, -0.2) is 0 Å². The number of rotatable bonds is 7. The summed E-state index contributed by atoms with van der Waals surface area (Å²) in [6, 6.07) is 8.37. The third-order valence-corrected chi connectivity index (χ3v) is 4.50. The van der Waals surface area contributed by atoms with Gasteiger partial charge in [0.25, 0.3) is 0 Å². The van der Waals surface area contributed by atoms with Crippen molar-refractivity contribution in [1.29, 1.82) is 0 Å². The van der Waals surface area contributed by atoms with Crippen molar-refractivity contribution in [2.75, 3.05) is 20.1 Å². The second-order valence-electron chi connectivity index (χ2n) is 6.80. The van der Waals surface area contributed by atoms with Crippen molar-refractivity contribution in [2.45, 2.75) is 33.2 Å². The molecule has 5 nitrogen and oxygen atoms in total. The summed E-state index contributed by atoms with van der Waals surface area (Å²) in [4.78, 5) is 11.4. The van der Waals surface area contributed by atoms with Crippen molar-refractivity contribution in [3.63, 3.8) is 0 Å². The number of aromatic nitrogens is 2. The van der Waals surface area contributed by atoms with Crippen molar-refractivity contribution in [2.24, 2.45) is 18.0 Å². The molecule has 0 aromatic carbocycles. The number of aliphatic imine (C=N–C) groups is 1. The number of hydrogen-bond acceptors (Lipinski definition) is 2. The largest absolute Gasteiger partial charge is 0.357 e. The van der Waals surface area contributed by atoms with E-state index in [4.69, 9.17) is 4.99 Å². The van der Waals surface area contributed by atoms with Gasteiger partial charge in [0.2, 0.25) is 0 Å². The van der Waals surface area contributed by atoms with E-state index in [1.54, 1.807) is 0 Å². The summed E-state index contributed by atoms with van der Waals surface area (Å²) in [6.45, 7) is 9.03. The molecule has 1 atom stereocenters. The summed E-state index contributed by atoms with van der Waals surface area (Å²) in [7, 11) is 4.16. The Balaban J connectivity index is 0.00000338. The highest BCUT2D eigenvalue weighted by molar-refractivity contribution is 14.0. The number of aryl methyl sites for hydroxylation is 1. The van der Waals surface area contributed by atoms with Crippen LogP contribution in [0.15, 0.2) is 47.8 Å². The van der Waals surface area contributed by atoms with Crippen molar-refractivity contribution in [3.05, 3.63) is 54.1 Å². The second kappa shape index (κ2) is 11.2. The van der Waals surface area contributed by atoms with E-state index in [0.717, 1.165) is 25.6 Å². The lowest BCUT2D eigenvalue weighted by atomic mass is 9.89. The molecule has 1 unspecified atom stereocenters. The van der Waals surface area contributed by atoms with Crippen LogP contribution in [0.25, 0.3) is 0 Å². The van der Waals surface area contributed by atoms with Gasteiger partial charge in [0.05, 0.1) is 6.54 Å². The quantitative estimate of drug-likeness (QED) is 0.381. The third kappa shape index (κ3) is 6.30. The molecule has 2 rings (SSSR count). The first-order valence-electron chi connectivity index (χ1n) is 9.02. The molecule has 0 aliphatic heterocycles.